The van der Waals surface area contributed by atoms with Gasteiger partial charge in [-0.25, -0.2) is 8.42 Å². The predicted octanol–water partition coefficient (Wildman–Crippen LogP) is 1.70. The molecule has 1 aromatic rings. The van der Waals surface area contributed by atoms with Crippen molar-refractivity contribution in [3.63, 3.8) is 0 Å². The zero-order valence-electron chi connectivity index (χ0n) is 13.1. The quantitative estimate of drug-likeness (QED) is 0.872. The van der Waals surface area contributed by atoms with E-state index in [1.807, 2.05) is 30.1 Å². The van der Waals surface area contributed by atoms with E-state index in [4.69, 9.17) is 4.74 Å². The Bertz CT molecular complexity index is 652. The minimum absolute atomic E-state index is 0.127. The van der Waals surface area contributed by atoms with Crippen LogP contribution in [0.15, 0.2) is 34.2 Å². The van der Waals surface area contributed by atoms with Crippen LogP contribution in [0.2, 0.25) is 0 Å². The molecule has 3 unspecified atom stereocenters. The Kier molecular flexibility index (Phi) is 5.41. The van der Waals surface area contributed by atoms with Gasteiger partial charge >= 0.3 is 0 Å². The first-order valence-corrected chi connectivity index (χ1v) is 10.7. The van der Waals surface area contributed by atoms with Crippen molar-refractivity contribution in [2.75, 3.05) is 31.7 Å². The van der Waals surface area contributed by atoms with Crippen molar-refractivity contribution in [2.24, 2.45) is 4.99 Å². The molecule has 2 aliphatic rings. The Morgan fingerprint density at radius 3 is 2.78 bits per heavy atom. The molecule has 3 atom stereocenters. The van der Waals surface area contributed by atoms with Gasteiger partial charge in [-0.2, -0.15) is 0 Å². The van der Waals surface area contributed by atoms with Crippen molar-refractivity contribution >= 4 is 27.8 Å². The summed E-state index contributed by atoms with van der Waals surface area (Å²) in [6.45, 7) is 2.47. The predicted molar refractivity (Wildman–Crippen MR) is 94.3 cm³/mol. The SMILES string of the molecule is CS(=O)(=O)c1ccc(C2C=NCC(OCC3NCCS3)C2)cc1. The maximum Gasteiger partial charge on any atom is 0.175 e. The number of thioether (sulfide) groups is 1. The number of hydrogen-bond acceptors (Lipinski definition) is 6. The third-order valence-corrected chi connectivity index (χ3v) is 6.40. The average molecular weight is 354 g/mol. The van der Waals surface area contributed by atoms with Gasteiger partial charge in [-0.1, -0.05) is 12.1 Å². The topological polar surface area (TPSA) is 67.8 Å². The highest BCUT2D eigenvalue weighted by molar-refractivity contribution is 8.00. The summed E-state index contributed by atoms with van der Waals surface area (Å²) in [7, 11) is -3.15. The number of benzene rings is 1. The lowest BCUT2D eigenvalue weighted by atomic mass is 9.92. The minimum Gasteiger partial charge on any atom is -0.374 e. The van der Waals surface area contributed by atoms with E-state index >= 15 is 0 Å². The molecular weight excluding hydrogens is 332 g/mol. The van der Waals surface area contributed by atoms with Crippen LogP contribution in [-0.2, 0) is 14.6 Å². The van der Waals surface area contributed by atoms with Crippen molar-refractivity contribution < 1.29 is 13.2 Å². The number of nitrogens with zero attached hydrogens (tertiary/aromatic N) is 1. The molecule has 3 rings (SSSR count). The van der Waals surface area contributed by atoms with Gasteiger partial charge in [0.1, 0.15) is 0 Å². The Labute approximate surface area is 141 Å². The van der Waals surface area contributed by atoms with Crippen LogP contribution in [-0.4, -0.2) is 57.8 Å². The lowest BCUT2D eigenvalue weighted by Crippen LogP contribution is -2.31. The number of sulfone groups is 1. The Morgan fingerprint density at radius 1 is 1.35 bits per heavy atom. The Morgan fingerprint density at radius 2 is 2.13 bits per heavy atom. The fourth-order valence-corrected chi connectivity index (χ4v) is 4.40. The van der Waals surface area contributed by atoms with Crippen LogP contribution in [0.25, 0.3) is 0 Å². The average Bonchev–Trinajstić information content (AvgIpc) is 3.06. The molecule has 23 heavy (non-hydrogen) atoms. The second-order valence-corrected chi connectivity index (χ2v) is 9.29. The fraction of sp³-hybridized carbons (Fsp3) is 0.562. The van der Waals surface area contributed by atoms with Crippen molar-refractivity contribution in [3.05, 3.63) is 29.8 Å². The smallest absolute Gasteiger partial charge is 0.175 e. The van der Waals surface area contributed by atoms with Crippen molar-refractivity contribution in [2.45, 2.75) is 28.7 Å². The molecule has 0 aliphatic carbocycles. The first-order valence-electron chi connectivity index (χ1n) is 7.79. The van der Waals surface area contributed by atoms with Gasteiger partial charge in [0.2, 0.25) is 0 Å². The van der Waals surface area contributed by atoms with Gasteiger partial charge in [0.15, 0.2) is 9.84 Å². The fourth-order valence-electron chi connectivity index (χ4n) is 2.84. The van der Waals surface area contributed by atoms with Crippen molar-refractivity contribution in [3.8, 4) is 0 Å². The molecule has 1 saturated heterocycles. The summed E-state index contributed by atoms with van der Waals surface area (Å²) >= 11 is 1.90. The van der Waals surface area contributed by atoms with E-state index in [1.165, 1.54) is 6.26 Å². The van der Waals surface area contributed by atoms with E-state index in [1.54, 1.807) is 12.1 Å². The van der Waals surface area contributed by atoms with Crippen LogP contribution in [0.4, 0.5) is 0 Å². The zero-order chi connectivity index (χ0) is 16.3. The molecule has 1 aromatic carbocycles. The maximum atomic E-state index is 11.5. The molecule has 0 radical (unpaired) electrons. The van der Waals surface area contributed by atoms with Gasteiger partial charge < -0.3 is 10.1 Å². The summed E-state index contributed by atoms with van der Waals surface area (Å²) in [5, 5.41) is 3.80. The lowest BCUT2D eigenvalue weighted by molar-refractivity contribution is 0.0485. The van der Waals surface area contributed by atoms with Gasteiger partial charge in [0, 0.05) is 30.7 Å². The van der Waals surface area contributed by atoms with Gasteiger partial charge in [-0.3, -0.25) is 4.99 Å². The van der Waals surface area contributed by atoms with Crippen LogP contribution in [0.3, 0.4) is 0 Å². The van der Waals surface area contributed by atoms with Gasteiger partial charge in [-0.15, -0.1) is 11.8 Å². The summed E-state index contributed by atoms with van der Waals surface area (Å²) in [6.07, 6.45) is 4.20. The molecule has 1 N–H and O–H groups in total. The normalized spacial score (nSPS) is 28.1. The molecular formula is C16H22N2O3S2. The molecule has 1 fully saturated rings. The van der Waals surface area contributed by atoms with Crippen molar-refractivity contribution in [1.82, 2.24) is 5.32 Å². The Hall–Kier alpha value is -0.890. The number of ether oxygens (including phenoxy) is 1. The molecule has 0 bridgehead atoms. The molecule has 2 heterocycles. The number of aliphatic imine (C=N–C) groups is 1. The maximum absolute atomic E-state index is 11.5. The first-order chi connectivity index (χ1) is 11.0. The van der Waals surface area contributed by atoms with E-state index in [-0.39, 0.29) is 12.0 Å². The largest absolute Gasteiger partial charge is 0.374 e. The summed E-state index contributed by atoms with van der Waals surface area (Å²) in [5.41, 5.74) is 1.09. The summed E-state index contributed by atoms with van der Waals surface area (Å²) in [5.74, 6) is 1.33. The third-order valence-electron chi connectivity index (χ3n) is 4.12. The van der Waals surface area contributed by atoms with Crippen LogP contribution in [0, 0.1) is 0 Å². The monoisotopic (exact) mass is 354 g/mol. The van der Waals surface area contributed by atoms with E-state index in [0.29, 0.717) is 23.4 Å². The van der Waals surface area contributed by atoms with Crippen LogP contribution in [0.5, 0.6) is 0 Å². The standard InChI is InChI=1S/C16H22N2O3S2/c1-23(19,20)15-4-2-12(3-5-15)13-8-14(10-17-9-13)21-11-16-18-6-7-22-16/h2-5,9,13-14,16,18H,6-8,10-11H2,1H3. The van der Waals surface area contributed by atoms with Crippen LogP contribution >= 0.6 is 11.8 Å². The number of nitrogens with one attached hydrogen (secondary N) is 1. The molecule has 0 amide bonds. The summed E-state index contributed by atoms with van der Waals surface area (Å²) in [4.78, 5) is 4.79. The minimum atomic E-state index is -3.15. The first kappa shape index (κ1) is 17.0. The summed E-state index contributed by atoms with van der Waals surface area (Å²) < 4.78 is 29.1. The summed E-state index contributed by atoms with van der Waals surface area (Å²) in [6, 6.07) is 7.10. The zero-order valence-corrected chi connectivity index (χ0v) is 14.8. The molecule has 7 heteroatoms. The Balaban J connectivity index is 1.59. The van der Waals surface area contributed by atoms with E-state index in [0.717, 1.165) is 24.3 Å². The highest BCUT2D eigenvalue weighted by atomic mass is 32.2. The molecule has 0 spiro atoms. The second kappa shape index (κ2) is 7.34. The highest BCUT2D eigenvalue weighted by Gasteiger charge is 2.23. The molecule has 0 saturated carbocycles. The van der Waals surface area contributed by atoms with Gasteiger partial charge in [0.25, 0.3) is 0 Å². The van der Waals surface area contributed by atoms with E-state index in [2.05, 4.69) is 10.3 Å². The van der Waals surface area contributed by atoms with Gasteiger partial charge in [0.05, 0.1) is 29.5 Å². The lowest BCUT2D eigenvalue weighted by Gasteiger charge is -2.25. The van der Waals surface area contributed by atoms with Crippen LogP contribution in [0.1, 0.15) is 17.9 Å². The van der Waals surface area contributed by atoms with Gasteiger partial charge in [-0.05, 0) is 24.1 Å². The molecule has 126 valence electrons. The number of hydrogen-bond donors (Lipinski definition) is 1. The van der Waals surface area contributed by atoms with E-state index < -0.39 is 9.84 Å². The second-order valence-electron chi connectivity index (χ2n) is 5.97. The van der Waals surface area contributed by atoms with Crippen molar-refractivity contribution in [1.29, 1.82) is 0 Å². The third kappa shape index (κ3) is 4.56. The number of rotatable bonds is 5. The molecule has 5 nitrogen and oxygen atoms in total. The highest BCUT2D eigenvalue weighted by Crippen LogP contribution is 2.26. The molecule has 0 aromatic heterocycles. The molecule has 2 aliphatic heterocycles. The van der Waals surface area contributed by atoms with Crippen LogP contribution < -0.4 is 5.32 Å². The van der Waals surface area contributed by atoms with E-state index in [9.17, 15) is 8.42 Å².